The molecule has 2 rings (SSSR count). The zero-order valence-electron chi connectivity index (χ0n) is 11.8. The lowest BCUT2D eigenvalue weighted by Gasteiger charge is -2.30. The Morgan fingerprint density at radius 3 is 2.75 bits per heavy atom. The number of likely N-dealkylation sites (tertiary alicyclic amines) is 1. The first kappa shape index (κ1) is 14.6. The molecule has 108 valence electrons. The van der Waals surface area contributed by atoms with Crippen LogP contribution in [0.25, 0.3) is 0 Å². The molecule has 0 atom stereocenters. The molecule has 0 unspecified atom stereocenters. The molecule has 20 heavy (non-hydrogen) atoms. The molecule has 1 aliphatic heterocycles. The summed E-state index contributed by atoms with van der Waals surface area (Å²) in [6.45, 7) is 6.84. The van der Waals surface area contributed by atoms with E-state index < -0.39 is 0 Å². The van der Waals surface area contributed by atoms with Gasteiger partial charge in [0.25, 0.3) is 0 Å². The molecular weight excluding hydrogens is 252 g/mol. The second kappa shape index (κ2) is 7.10. The monoisotopic (exact) mass is 274 g/mol. The van der Waals surface area contributed by atoms with Crippen LogP contribution in [0.5, 0.6) is 5.75 Å². The highest BCUT2D eigenvalue weighted by atomic mass is 16.5. The van der Waals surface area contributed by atoms with Crippen molar-refractivity contribution in [2.24, 2.45) is 11.7 Å². The summed E-state index contributed by atoms with van der Waals surface area (Å²) < 4.78 is 5.67. The Balaban J connectivity index is 1.94. The summed E-state index contributed by atoms with van der Waals surface area (Å²) in [4.78, 5) is 13.5. The van der Waals surface area contributed by atoms with Crippen molar-refractivity contribution in [3.05, 3.63) is 42.5 Å². The zero-order valence-corrected chi connectivity index (χ0v) is 11.8. The highest BCUT2D eigenvalue weighted by molar-refractivity contribution is 5.76. The van der Waals surface area contributed by atoms with Crippen molar-refractivity contribution in [2.75, 3.05) is 19.7 Å². The van der Waals surface area contributed by atoms with Gasteiger partial charge in [-0.15, -0.1) is 0 Å². The van der Waals surface area contributed by atoms with Crippen LogP contribution in [0.3, 0.4) is 0 Å². The number of hydrogen-bond acceptors (Lipinski definition) is 3. The van der Waals surface area contributed by atoms with Crippen LogP contribution in [-0.4, -0.2) is 30.5 Å². The number of carbonyl (C=O) groups is 1. The molecule has 0 spiro atoms. The molecule has 1 aromatic rings. The van der Waals surface area contributed by atoms with E-state index in [4.69, 9.17) is 10.5 Å². The first-order valence-corrected chi connectivity index (χ1v) is 7.04. The normalized spacial score (nSPS) is 16.8. The van der Waals surface area contributed by atoms with E-state index in [1.807, 2.05) is 18.2 Å². The van der Waals surface area contributed by atoms with E-state index in [-0.39, 0.29) is 11.8 Å². The molecule has 4 nitrogen and oxygen atoms in total. The van der Waals surface area contributed by atoms with Gasteiger partial charge in [0.15, 0.2) is 0 Å². The number of amides is 1. The lowest BCUT2D eigenvalue weighted by molar-refractivity contribution is -0.123. The minimum absolute atomic E-state index is 0.0403. The molecule has 0 bridgehead atoms. The highest BCUT2D eigenvalue weighted by Gasteiger charge is 2.23. The maximum absolute atomic E-state index is 11.2. The minimum Gasteiger partial charge on any atom is -0.489 e. The van der Waals surface area contributed by atoms with E-state index in [1.54, 1.807) is 6.08 Å². The third-order valence-corrected chi connectivity index (χ3v) is 3.71. The third kappa shape index (κ3) is 3.84. The van der Waals surface area contributed by atoms with Gasteiger partial charge in [0.1, 0.15) is 12.4 Å². The van der Waals surface area contributed by atoms with Crippen molar-refractivity contribution in [1.29, 1.82) is 0 Å². The number of ether oxygens (including phenoxy) is 1. The van der Waals surface area contributed by atoms with Gasteiger partial charge in [-0.3, -0.25) is 9.69 Å². The number of carbonyl (C=O) groups excluding carboxylic acids is 1. The van der Waals surface area contributed by atoms with Crippen molar-refractivity contribution >= 4 is 5.91 Å². The molecule has 1 amide bonds. The molecule has 1 fully saturated rings. The van der Waals surface area contributed by atoms with E-state index >= 15 is 0 Å². The number of nitrogens with zero attached hydrogens (tertiary/aromatic N) is 1. The summed E-state index contributed by atoms with van der Waals surface area (Å²) in [6.07, 6.45) is 3.45. The number of primary amides is 1. The van der Waals surface area contributed by atoms with Gasteiger partial charge in [-0.25, -0.2) is 0 Å². The van der Waals surface area contributed by atoms with Gasteiger partial charge >= 0.3 is 0 Å². The standard InChI is InChI=1S/C16H22N2O2/c1-2-11-20-15-6-4-3-5-14(15)12-18-9-7-13(8-10-18)16(17)19/h2-6,13H,1,7-12H2,(H2,17,19). The lowest BCUT2D eigenvalue weighted by Crippen LogP contribution is -2.38. The molecule has 2 N–H and O–H groups in total. The van der Waals surface area contributed by atoms with Crippen LogP contribution in [0.4, 0.5) is 0 Å². The first-order valence-electron chi connectivity index (χ1n) is 7.04. The van der Waals surface area contributed by atoms with Gasteiger partial charge in [-0.1, -0.05) is 30.9 Å². The Morgan fingerprint density at radius 2 is 2.10 bits per heavy atom. The van der Waals surface area contributed by atoms with Crippen LogP contribution in [0, 0.1) is 5.92 Å². The van der Waals surface area contributed by atoms with Crippen LogP contribution < -0.4 is 10.5 Å². The van der Waals surface area contributed by atoms with E-state index in [0.717, 1.165) is 38.2 Å². The average Bonchev–Trinajstić information content (AvgIpc) is 2.47. The SMILES string of the molecule is C=CCOc1ccccc1CN1CCC(C(N)=O)CC1. The number of benzene rings is 1. The number of piperidine rings is 1. The minimum atomic E-state index is -0.167. The predicted octanol–water partition coefficient (Wildman–Crippen LogP) is 1.95. The Morgan fingerprint density at radius 1 is 1.40 bits per heavy atom. The van der Waals surface area contributed by atoms with Crippen LogP contribution >= 0.6 is 0 Å². The molecule has 4 heteroatoms. The smallest absolute Gasteiger partial charge is 0.220 e. The van der Waals surface area contributed by atoms with Crippen molar-refractivity contribution < 1.29 is 9.53 Å². The van der Waals surface area contributed by atoms with E-state index in [0.29, 0.717) is 6.61 Å². The average molecular weight is 274 g/mol. The predicted molar refractivity (Wildman–Crippen MR) is 79.3 cm³/mol. The summed E-state index contributed by atoms with van der Waals surface area (Å²) in [5, 5.41) is 0. The van der Waals surface area contributed by atoms with Crippen LogP contribution in [0.15, 0.2) is 36.9 Å². The summed E-state index contributed by atoms with van der Waals surface area (Å²) in [5.74, 6) is 0.780. The maximum atomic E-state index is 11.2. The topological polar surface area (TPSA) is 55.6 Å². The molecule has 1 aromatic carbocycles. The molecule has 1 aliphatic rings. The number of hydrogen-bond donors (Lipinski definition) is 1. The maximum Gasteiger partial charge on any atom is 0.220 e. The molecule has 1 saturated heterocycles. The van der Waals surface area contributed by atoms with Gasteiger partial charge in [-0.05, 0) is 32.0 Å². The van der Waals surface area contributed by atoms with Gasteiger partial charge in [-0.2, -0.15) is 0 Å². The Kier molecular flexibility index (Phi) is 5.18. The molecule has 1 heterocycles. The van der Waals surface area contributed by atoms with E-state index in [9.17, 15) is 4.79 Å². The second-order valence-corrected chi connectivity index (χ2v) is 5.16. The fourth-order valence-corrected chi connectivity index (χ4v) is 2.54. The largest absolute Gasteiger partial charge is 0.489 e. The van der Waals surface area contributed by atoms with Crippen molar-refractivity contribution in [3.8, 4) is 5.75 Å². The van der Waals surface area contributed by atoms with Crippen LogP contribution in [-0.2, 0) is 11.3 Å². The van der Waals surface area contributed by atoms with Crippen molar-refractivity contribution in [1.82, 2.24) is 4.90 Å². The summed E-state index contributed by atoms with van der Waals surface area (Å²) >= 11 is 0. The summed E-state index contributed by atoms with van der Waals surface area (Å²) in [7, 11) is 0. The lowest BCUT2D eigenvalue weighted by atomic mass is 9.96. The van der Waals surface area contributed by atoms with E-state index in [1.165, 1.54) is 5.56 Å². The fourth-order valence-electron chi connectivity index (χ4n) is 2.54. The van der Waals surface area contributed by atoms with Crippen LogP contribution in [0.2, 0.25) is 0 Å². The number of nitrogens with two attached hydrogens (primary N) is 1. The third-order valence-electron chi connectivity index (χ3n) is 3.71. The fraction of sp³-hybridized carbons (Fsp3) is 0.438. The number of para-hydroxylation sites is 1. The van der Waals surface area contributed by atoms with Crippen molar-refractivity contribution in [2.45, 2.75) is 19.4 Å². The van der Waals surface area contributed by atoms with Gasteiger partial charge in [0.2, 0.25) is 5.91 Å². The zero-order chi connectivity index (χ0) is 14.4. The number of rotatable bonds is 6. The second-order valence-electron chi connectivity index (χ2n) is 5.16. The van der Waals surface area contributed by atoms with Gasteiger partial charge in [0, 0.05) is 18.0 Å². The Labute approximate surface area is 120 Å². The first-order chi connectivity index (χ1) is 9.70. The highest BCUT2D eigenvalue weighted by Crippen LogP contribution is 2.23. The Hall–Kier alpha value is -1.81. The molecular formula is C16H22N2O2. The Bertz CT molecular complexity index is 465. The van der Waals surface area contributed by atoms with Crippen molar-refractivity contribution in [3.63, 3.8) is 0 Å². The molecule has 0 radical (unpaired) electrons. The van der Waals surface area contributed by atoms with Crippen LogP contribution in [0.1, 0.15) is 18.4 Å². The van der Waals surface area contributed by atoms with Gasteiger partial charge < -0.3 is 10.5 Å². The molecule has 0 aliphatic carbocycles. The van der Waals surface area contributed by atoms with E-state index in [2.05, 4.69) is 17.5 Å². The molecule has 0 saturated carbocycles. The molecule has 0 aromatic heterocycles. The summed E-state index contributed by atoms with van der Waals surface area (Å²) in [5.41, 5.74) is 6.53. The van der Waals surface area contributed by atoms with Gasteiger partial charge in [0.05, 0.1) is 0 Å². The quantitative estimate of drug-likeness (QED) is 0.807. The summed E-state index contributed by atoms with van der Waals surface area (Å²) in [6, 6.07) is 8.06.